The van der Waals surface area contributed by atoms with Crippen molar-refractivity contribution in [3.8, 4) is 0 Å². The van der Waals surface area contributed by atoms with Crippen LogP contribution >= 0.6 is 11.6 Å². The van der Waals surface area contributed by atoms with Crippen LogP contribution < -0.4 is 5.32 Å². The second-order valence-electron chi connectivity index (χ2n) is 7.20. The Labute approximate surface area is 188 Å². The molecular weight excluding hydrogens is 458 g/mol. The van der Waals surface area contributed by atoms with E-state index in [-0.39, 0.29) is 22.9 Å². The number of amides is 1. The first-order valence-electron chi connectivity index (χ1n) is 9.53. The van der Waals surface area contributed by atoms with E-state index in [2.05, 4.69) is 5.32 Å². The van der Waals surface area contributed by atoms with E-state index in [0.29, 0.717) is 21.5 Å². The summed E-state index contributed by atoms with van der Waals surface area (Å²) in [6, 6.07) is 16.4. The molecule has 0 aliphatic rings. The van der Waals surface area contributed by atoms with E-state index in [9.17, 15) is 22.0 Å². The van der Waals surface area contributed by atoms with Gasteiger partial charge in [0.05, 0.1) is 10.6 Å². The maximum atomic E-state index is 13.4. The molecule has 0 atom stereocenters. The molecule has 4 aromatic rings. The van der Waals surface area contributed by atoms with Crippen molar-refractivity contribution in [3.63, 3.8) is 0 Å². The van der Waals surface area contributed by atoms with Crippen LogP contribution in [0.1, 0.15) is 5.56 Å². The molecule has 164 valence electrons. The molecule has 1 aromatic heterocycles. The van der Waals surface area contributed by atoms with E-state index in [4.69, 9.17) is 11.6 Å². The second kappa shape index (κ2) is 8.72. The van der Waals surface area contributed by atoms with Gasteiger partial charge in [-0.2, -0.15) is 0 Å². The number of hydrogen-bond donors (Lipinski definition) is 1. The summed E-state index contributed by atoms with van der Waals surface area (Å²) in [6.45, 7) is -0.212. The predicted molar refractivity (Wildman–Crippen MR) is 119 cm³/mol. The minimum atomic E-state index is -3.72. The smallest absolute Gasteiger partial charge is 0.244 e. The largest absolute Gasteiger partial charge is 0.337 e. The van der Waals surface area contributed by atoms with Gasteiger partial charge in [-0.25, -0.2) is 17.2 Å². The zero-order chi connectivity index (χ0) is 22.9. The van der Waals surface area contributed by atoms with Crippen molar-refractivity contribution in [1.82, 2.24) is 4.57 Å². The van der Waals surface area contributed by atoms with Crippen LogP contribution in [0.3, 0.4) is 0 Å². The van der Waals surface area contributed by atoms with Crippen molar-refractivity contribution in [1.29, 1.82) is 0 Å². The Morgan fingerprint density at radius 1 is 0.969 bits per heavy atom. The lowest BCUT2D eigenvalue weighted by Gasteiger charge is -2.07. The zero-order valence-electron chi connectivity index (χ0n) is 16.6. The van der Waals surface area contributed by atoms with Crippen LogP contribution in [0.5, 0.6) is 0 Å². The van der Waals surface area contributed by atoms with Crippen molar-refractivity contribution < 1.29 is 22.0 Å². The second-order valence-corrected chi connectivity index (χ2v) is 9.60. The lowest BCUT2D eigenvalue weighted by atomic mass is 10.2. The van der Waals surface area contributed by atoms with Gasteiger partial charge in [0.25, 0.3) is 0 Å². The van der Waals surface area contributed by atoms with Crippen molar-refractivity contribution in [2.75, 3.05) is 5.32 Å². The van der Waals surface area contributed by atoms with Gasteiger partial charge in [-0.15, -0.1) is 0 Å². The minimum Gasteiger partial charge on any atom is -0.337 e. The number of fused-ring (bicyclic) bond motifs is 1. The summed E-state index contributed by atoms with van der Waals surface area (Å²) in [6.07, 6.45) is 1.42. The third-order valence-corrected chi connectivity index (χ3v) is 6.84. The summed E-state index contributed by atoms with van der Waals surface area (Å²) >= 11 is 5.87. The molecule has 9 heteroatoms. The van der Waals surface area contributed by atoms with E-state index in [1.54, 1.807) is 48.5 Å². The van der Waals surface area contributed by atoms with E-state index in [0.717, 1.165) is 12.1 Å². The number of nitrogens with one attached hydrogen (secondary N) is 1. The molecule has 0 saturated carbocycles. The molecule has 0 saturated heterocycles. The number of carbonyl (C=O) groups is 1. The van der Waals surface area contributed by atoms with Crippen molar-refractivity contribution in [3.05, 3.63) is 95.1 Å². The number of rotatable bonds is 6. The highest BCUT2D eigenvalue weighted by molar-refractivity contribution is 7.90. The third-order valence-electron chi connectivity index (χ3n) is 4.87. The molecule has 0 aliphatic carbocycles. The number of para-hydroxylation sites is 1. The summed E-state index contributed by atoms with van der Waals surface area (Å²) < 4.78 is 54.3. The van der Waals surface area contributed by atoms with E-state index in [1.807, 2.05) is 0 Å². The molecule has 0 unspecified atom stereocenters. The summed E-state index contributed by atoms with van der Waals surface area (Å²) in [5.74, 6) is -2.84. The number of nitrogens with zero attached hydrogens (tertiary/aromatic N) is 1. The lowest BCUT2D eigenvalue weighted by Crippen LogP contribution is -2.18. The summed E-state index contributed by atoms with van der Waals surface area (Å²) in [7, 11) is -3.72. The van der Waals surface area contributed by atoms with Gasteiger partial charge < -0.3 is 9.88 Å². The topological polar surface area (TPSA) is 68.2 Å². The predicted octanol–water partition coefficient (Wildman–Crippen LogP) is 5.19. The van der Waals surface area contributed by atoms with E-state index >= 15 is 0 Å². The quantitative estimate of drug-likeness (QED) is 0.418. The van der Waals surface area contributed by atoms with Crippen LogP contribution in [0.4, 0.5) is 14.5 Å². The average molecular weight is 475 g/mol. The lowest BCUT2D eigenvalue weighted by molar-refractivity contribution is -0.116. The summed E-state index contributed by atoms with van der Waals surface area (Å²) in [4.78, 5) is 12.6. The summed E-state index contributed by atoms with van der Waals surface area (Å²) in [5.41, 5.74) is 1.24. The summed E-state index contributed by atoms with van der Waals surface area (Å²) in [5, 5.41) is 3.49. The van der Waals surface area contributed by atoms with Crippen molar-refractivity contribution >= 4 is 43.9 Å². The van der Waals surface area contributed by atoms with Gasteiger partial charge in [0, 0.05) is 33.9 Å². The fourth-order valence-corrected chi connectivity index (χ4v) is 5.11. The molecule has 0 spiro atoms. The molecule has 3 aromatic carbocycles. The molecule has 1 amide bonds. The normalized spacial score (nSPS) is 11.6. The monoisotopic (exact) mass is 474 g/mol. The number of aromatic nitrogens is 1. The van der Waals surface area contributed by atoms with Gasteiger partial charge in [-0.3, -0.25) is 4.79 Å². The van der Waals surface area contributed by atoms with E-state index in [1.165, 1.54) is 16.8 Å². The molecule has 4 rings (SSSR count). The van der Waals surface area contributed by atoms with Gasteiger partial charge in [0.1, 0.15) is 6.54 Å². The maximum absolute atomic E-state index is 13.4. The molecule has 0 bridgehead atoms. The highest BCUT2D eigenvalue weighted by Gasteiger charge is 2.22. The molecule has 1 N–H and O–H groups in total. The van der Waals surface area contributed by atoms with Gasteiger partial charge in [0.2, 0.25) is 5.91 Å². The number of halogens is 3. The van der Waals surface area contributed by atoms with Crippen molar-refractivity contribution in [2.24, 2.45) is 0 Å². The third kappa shape index (κ3) is 4.66. The molecular formula is C23H17ClF2N2O3S. The first-order valence-corrected chi connectivity index (χ1v) is 11.6. The molecule has 0 radical (unpaired) electrons. The first-order chi connectivity index (χ1) is 15.2. The first kappa shape index (κ1) is 22.0. The number of anilines is 1. The van der Waals surface area contributed by atoms with Crippen LogP contribution in [-0.2, 0) is 26.9 Å². The van der Waals surface area contributed by atoms with Gasteiger partial charge in [-0.05, 0) is 35.9 Å². The minimum absolute atomic E-state index is 0.0981. The van der Waals surface area contributed by atoms with Gasteiger partial charge >= 0.3 is 0 Å². The Bertz CT molecular complexity index is 1420. The number of hydrogen-bond acceptors (Lipinski definition) is 3. The van der Waals surface area contributed by atoms with Crippen LogP contribution in [0.25, 0.3) is 10.9 Å². The highest BCUT2D eigenvalue weighted by atomic mass is 35.5. The Morgan fingerprint density at radius 3 is 2.41 bits per heavy atom. The van der Waals surface area contributed by atoms with Crippen LogP contribution in [0.2, 0.25) is 5.02 Å². The maximum Gasteiger partial charge on any atom is 0.244 e. The van der Waals surface area contributed by atoms with Crippen LogP contribution in [-0.4, -0.2) is 18.9 Å². The van der Waals surface area contributed by atoms with Gasteiger partial charge in [-0.1, -0.05) is 41.9 Å². The highest BCUT2D eigenvalue weighted by Crippen LogP contribution is 2.28. The fraction of sp³-hybridized carbons (Fsp3) is 0.0870. The Kier molecular flexibility index (Phi) is 5.99. The van der Waals surface area contributed by atoms with Gasteiger partial charge in [0.15, 0.2) is 21.5 Å². The van der Waals surface area contributed by atoms with Crippen molar-refractivity contribution in [2.45, 2.75) is 17.2 Å². The average Bonchev–Trinajstić information content (AvgIpc) is 3.12. The number of benzene rings is 3. The zero-order valence-corrected chi connectivity index (χ0v) is 18.1. The number of sulfone groups is 1. The van der Waals surface area contributed by atoms with Crippen LogP contribution in [0, 0.1) is 11.6 Å². The fourth-order valence-electron chi connectivity index (χ4n) is 3.40. The molecule has 0 aliphatic heterocycles. The molecule has 5 nitrogen and oxygen atoms in total. The SMILES string of the molecule is O=C(Cn1cc(S(=O)(=O)Cc2ccc(Cl)cc2)c2ccccc21)Nc1ccc(F)c(F)c1. The van der Waals surface area contributed by atoms with E-state index < -0.39 is 27.4 Å². The standard InChI is InChI=1S/C23H17ClF2N2O3S/c24-16-7-5-15(6-8-16)14-32(30,31)22-12-28(21-4-2-1-3-18(21)22)13-23(29)27-17-9-10-19(25)20(26)11-17/h1-12H,13-14H2,(H,27,29). The Balaban J connectivity index is 1.62. The Morgan fingerprint density at radius 2 is 1.69 bits per heavy atom. The molecule has 0 fully saturated rings. The molecule has 1 heterocycles. The number of carbonyl (C=O) groups excluding carboxylic acids is 1. The Hall–Kier alpha value is -3.23. The van der Waals surface area contributed by atoms with Crippen LogP contribution in [0.15, 0.2) is 77.8 Å². The molecule has 32 heavy (non-hydrogen) atoms.